The molecule has 1 amide bonds. The van der Waals surface area contributed by atoms with Crippen molar-refractivity contribution in [3.8, 4) is 11.3 Å². The van der Waals surface area contributed by atoms with Gasteiger partial charge in [0.2, 0.25) is 5.91 Å². The van der Waals surface area contributed by atoms with E-state index in [9.17, 15) is 9.59 Å². The molecule has 0 radical (unpaired) electrons. The number of aromatic nitrogens is 2. The predicted octanol–water partition coefficient (Wildman–Crippen LogP) is 4.16. The van der Waals surface area contributed by atoms with Gasteiger partial charge in [-0.3, -0.25) is 9.59 Å². The lowest BCUT2D eigenvalue weighted by atomic mass is 10.1. The van der Waals surface area contributed by atoms with Gasteiger partial charge in [-0.05, 0) is 56.2 Å². The Labute approximate surface area is 181 Å². The van der Waals surface area contributed by atoms with Crippen molar-refractivity contribution in [2.24, 2.45) is 0 Å². The molecule has 0 aliphatic carbocycles. The summed E-state index contributed by atoms with van der Waals surface area (Å²) in [5, 5.41) is 7.36. The molecule has 1 aromatic heterocycles. The van der Waals surface area contributed by atoms with Gasteiger partial charge in [-0.15, -0.1) is 11.8 Å². The summed E-state index contributed by atoms with van der Waals surface area (Å²) >= 11 is 1.67. The van der Waals surface area contributed by atoms with E-state index in [-0.39, 0.29) is 24.1 Å². The molecule has 156 valence electrons. The maximum Gasteiger partial charge on any atom is 0.267 e. The van der Waals surface area contributed by atoms with Crippen molar-refractivity contribution in [1.29, 1.82) is 0 Å². The summed E-state index contributed by atoms with van der Waals surface area (Å²) in [7, 11) is 0. The van der Waals surface area contributed by atoms with Gasteiger partial charge in [0.15, 0.2) is 0 Å². The van der Waals surface area contributed by atoms with Crippen LogP contribution in [0.25, 0.3) is 11.3 Å². The topological polar surface area (TPSA) is 64.0 Å². The number of nitrogens with one attached hydrogen (secondary N) is 1. The highest BCUT2D eigenvalue weighted by Crippen LogP contribution is 2.20. The predicted molar refractivity (Wildman–Crippen MR) is 123 cm³/mol. The second kappa shape index (κ2) is 10.8. The maximum absolute atomic E-state index is 12.4. The van der Waals surface area contributed by atoms with Crippen LogP contribution in [0.4, 0.5) is 0 Å². The van der Waals surface area contributed by atoms with Crippen LogP contribution in [-0.2, 0) is 17.8 Å². The molecule has 0 aliphatic heterocycles. The largest absolute Gasteiger partial charge is 0.352 e. The second-order valence-electron chi connectivity index (χ2n) is 7.29. The maximum atomic E-state index is 12.4. The molecule has 30 heavy (non-hydrogen) atoms. The average molecular weight is 422 g/mol. The van der Waals surface area contributed by atoms with Gasteiger partial charge >= 0.3 is 0 Å². The van der Waals surface area contributed by atoms with Crippen molar-refractivity contribution in [2.45, 2.75) is 43.7 Å². The molecule has 3 aromatic rings. The van der Waals surface area contributed by atoms with Gasteiger partial charge in [0.25, 0.3) is 5.56 Å². The van der Waals surface area contributed by atoms with Crippen molar-refractivity contribution < 1.29 is 4.79 Å². The summed E-state index contributed by atoms with van der Waals surface area (Å²) in [6, 6.07) is 21.5. The van der Waals surface area contributed by atoms with Gasteiger partial charge in [0.1, 0.15) is 6.54 Å². The van der Waals surface area contributed by atoms with E-state index in [1.165, 1.54) is 16.3 Å². The molecule has 0 aliphatic rings. The fourth-order valence-electron chi connectivity index (χ4n) is 3.26. The van der Waals surface area contributed by atoms with Crippen molar-refractivity contribution in [2.75, 3.05) is 6.26 Å². The first-order valence-electron chi connectivity index (χ1n) is 10.1. The van der Waals surface area contributed by atoms with E-state index in [2.05, 4.69) is 22.5 Å². The Balaban J connectivity index is 1.55. The molecule has 0 saturated carbocycles. The minimum atomic E-state index is -0.286. The van der Waals surface area contributed by atoms with Crippen LogP contribution in [-0.4, -0.2) is 28.0 Å². The minimum Gasteiger partial charge on any atom is -0.352 e. The highest BCUT2D eigenvalue weighted by Gasteiger charge is 2.11. The summed E-state index contributed by atoms with van der Waals surface area (Å²) in [6.07, 6.45) is 4.88. The normalized spacial score (nSPS) is 11.8. The SMILES string of the molecule is CSc1ccc(-c2ccc(=O)n(CC(=O)N[C@H](C)CCCc3ccccc3)n2)cc1. The number of hydrogen-bond donors (Lipinski definition) is 1. The summed E-state index contributed by atoms with van der Waals surface area (Å²) in [5.74, 6) is -0.202. The first-order chi connectivity index (χ1) is 14.5. The third kappa shape index (κ3) is 6.32. The molecule has 0 fully saturated rings. The fourth-order valence-corrected chi connectivity index (χ4v) is 3.67. The summed E-state index contributed by atoms with van der Waals surface area (Å²) in [5.41, 5.74) is 2.60. The van der Waals surface area contributed by atoms with E-state index in [1.54, 1.807) is 17.8 Å². The third-order valence-corrected chi connectivity index (χ3v) is 5.64. The average Bonchev–Trinajstić information content (AvgIpc) is 2.76. The Morgan fingerprint density at radius 2 is 1.80 bits per heavy atom. The van der Waals surface area contributed by atoms with Crippen LogP contribution in [0.3, 0.4) is 0 Å². The Morgan fingerprint density at radius 3 is 2.50 bits per heavy atom. The smallest absolute Gasteiger partial charge is 0.267 e. The summed E-state index contributed by atoms with van der Waals surface area (Å²) < 4.78 is 1.23. The summed E-state index contributed by atoms with van der Waals surface area (Å²) in [4.78, 5) is 25.8. The highest BCUT2D eigenvalue weighted by atomic mass is 32.2. The van der Waals surface area contributed by atoms with Gasteiger partial charge in [0.05, 0.1) is 5.69 Å². The van der Waals surface area contributed by atoms with Crippen LogP contribution >= 0.6 is 11.8 Å². The van der Waals surface area contributed by atoms with Crippen LogP contribution in [0.1, 0.15) is 25.3 Å². The first kappa shape index (κ1) is 21.8. The van der Waals surface area contributed by atoms with Crippen LogP contribution in [0, 0.1) is 0 Å². The Bertz CT molecular complexity index is 1020. The lowest BCUT2D eigenvalue weighted by molar-refractivity contribution is -0.122. The number of rotatable bonds is 9. The zero-order valence-corrected chi connectivity index (χ0v) is 18.2. The molecule has 1 heterocycles. The number of carbonyl (C=O) groups is 1. The summed E-state index contributed by atoms with van der Waals surface area (Å²) in [6.45, 7) is 1.90. The number of carbonyl (C=O) groups excluding carboxylic acids is 1. The number of amides is 1. The molecular weight excluding hydrogens is 394 g/mol. The quantitative estimate of drug-likeness (QED) is 0.527. The molecule has 6 heteroatoms. The molecule has 1 atom stereocenters. The molecule has 0 bridgehead atoms. The van der Waals surface area contributed by atoms with Crippen molar-refractivity contribution in [1.82, 2.24) is 15.1 Å². The molecule has 5 nitrogen and oxygen atoms in total. The third-order valence-electron chi connectivity index (χ3n) is 4.90. The number of aryl methyl sites for hydroxylation is 1. The van der Waals surface area contributed by atoms with Crippen LogP contribution in [0.15, 0.2) is 76.4 Å². The van der Waals surface area contributed by atoms with Crippen molar-refractivity contribution >= 4 is 17.7 Å². The first-order valence-corrected chi connectivity index (χ1v) is 11.3. The fraction of sp³-hybridized carbons (Fsp3) is 0.292. The van der Waals surface area contributed by atoms with E-state index in [0.717, 1.165) is 29.7 Å². The van der Waals surface area contributed by atoms with Crippen molar-refractivity contribution in [3.05, 3.63) is 82.6 Å². The van der Waals surface area contributed by atoms with E-state index in [4.69, 9.17) is 0 Å². The van der Waals surface area contributed by atoms with Crippen LogP contribution in [0.5, 0.6) is 0 Å². The van der Waals surface area contributed by atoms with Gasteiger partial charge in [-0.1, -0.05) is 42.5 Å². The van der Waals surface area contributed by atoms with Crippen LogP contribution < -0.4 is 10.9 Å². The van der Waals surface area contributed by atoms with Gasteiger partial charge in [-0.2, -0.15) is 5.10 Å². The Morgan fingerprint density at radius 1 is 1.07 bits per heavy atom. The molecule has 0 spiro atoms. The Hall–Kier alpha value is -2.86. The van der Waals surface area contributed by atoms with Crippen molar-refractivity contribution in [3.63, 3.8) is 0 Å². The molecule has 2 aromatic carbocycles. The molecular formula is C24H27N3O2S. The lowest BCUT2D eigenvalue weighted by Gasteiger charge is -2.14. The van der Waals surface area contributed by atoms with E-state index in [0.29, 0.717) is 5.69 Å². The highest BCUT2D eigenvalue weighted by molar-refractivity contribution is 7.98. The zero-order chi connectivity index (χ0) is 21.3. The number of benzene rings is 2. The molecule has 1 N–H and O–H groups in total. The van der Waals surface area contributed by atoms with E-state index >= 15 is 0 Å². The van der Waals surface area contributed by atoms with Gasteiger partial charge in [0, 0.05) is 22.6 Å². The Kier molecular flexibility index (Phi) is 7.85. The molecule has 0 saturated heterocycles. The zero-order valence-electron chi connectivity index (χ0n) is 17.4. The number of hydrogen-bond acceptors (Lipinski definition) is 4. The molecule has 3 rings (SSSR count). The lowest BCUT2D eigenvalue weighted by Crippen LogP contribution is -2.38. The number of nitrogens with zero attached hydrogens (tertiary/aromatic N) is 2. The molecule has 0 unspecified atom stereocenters. The number of thioether (sulfide) groups is 1. The van der Waals surface area contributed by atoms with Gasteiger partial charge in [-0.25, -0.2) is 4.68 Å². The monoisotopic (exact) mass is 421 g/mol. The second-order valence-corrected chi connectivity index (χ2v) is 8.17. The van der Waals surface area contributed by atoms with Crippen LogP contribution in [0.2, 0.25) is 0 Å². The standard InChI is InChI=1S/C24H27N3O2S/c1-18(7-6-10-19-8-4-3-5-9-19)25-23(28)17-27-24(29)16-15-22(26-27)20-11-13-21(30-2)14-12-20/h3-5,8-9,11-16,18H,6-7,10,17H2,1-2H3,(H,25,28)/t18-/m1/s1. The minimum absolute atomic E-state index is 0.0409. The van der Waals surface area contributed by atoms with E-state index in [1.807, 2.05) is 55.6 Å². The van der Waals surface area contributed by atoms with E-state index < -0.39 is 0 Å². The van der Waals surface area contributed by atoms with Gasteiger partial charge < -0.3 is 5.32 Å².